The molecule has 2 aliphatic heterocycles. The summed E-state index contributed by atoms with van der Waals surface area (Å²) in [4.78, 5) is 16.4. The van der Waals surface area contributed by atoms with Crippen LogP contribution < -0.4 is 0 Å². The Labute approximate surface area is 137 Å². The van der Waals surface area contributed by atoms with E-state index in [-0.39, 0.29) is 10.9 Å². The standard InChI is InChI=1S/C16H23N3O3S/c1-14-18(16(20)17-10-6-3-7-11-17)12-13-19(14)23(21,22)15-8-4-2-5-9-15/h2,4-5,8-9,14H,3,6-7,10-13H2,1H3. The molecule has 2 amide bonds. The number of sulfonamides is 1. The van der Waals surface area contributed by atoms with Crippen LogP contribution in [-0.2, 0) is 10.0 Å². The van der Waals surface area contributed by atoms with Crippen molar-refractivity contribution in [3.05, 3.63) is 30.3 Å². The molecule has 0 spiro atoms. The summed E-state index contributed by atoms with van der Waals surface area (Å²) in [7, 11) is -3.56. The summed E-state index contributed by atoms with van der Waals surface area (Å²) in [5.41, 5.74) is 0. The fraction of sp³-hybridized carbons (Fsp3) is 0.562. The highest BCUT2D eigenvalue weighted by Gasteiger charge is 2.40. The molecule has 0 radical (unpaired) electrons. The van der Waals surface area contributed by atoms with Gasteiger partial charge >= 0.3 is 6.03 Å². The molecule has 6 nitrogen and oxygen atoms in total. The van der Waals surface area contributed by atoms with Gasteiger partial charge in [-0.2, -0.15) is 4.31 Å². The van der Waals surface area contributed by atoms with Crippen LogP contribution in [0.3, 0.4) is 0 Å². The van der Waals surface area contributed by atoms with Crippen LogP contribution in [0.25, 0.3) is 0 Å². The summed E-state index contributed by atoms with van der Waals surface area (Å²) >= 11 is 0. The van der Waals surface area contributed by atoms with Crippen LogP contribution in [-0.4, -0.2) is 60.9 Å². The highest BCUT2D eigenvalue weighted by Crippen LogP contribution is 2.25. The first-order chi connectivity index (χ1) is 11.0. The third-order valence-electron chi connectivity index (χ3n) is 4.65. The number of carbonyl (C=O) groups is 1. The molecule has 0 aliphatic carbocycles. The quantitative estimate of drug-likeness (QED) is 0.829. The molecule has 7 heteroatoms. The molecule has 1 aromatic carbocycles. The number of carbonyl (C=O) groups excluding carboxylic acids is 1. The third-order valence-corrected chi connectivity index (χ3v) is 6.62. The number of piperidine rings is 1. The van der Waals surface area contributed by atoms with Gasteiger partial charge in [-0.05, 0) is 38.3 Å². The maximum absolute atomic E-state index is 12.8. The summed E-state index contributed by atoms with van der Waals surface area (Å²) in [6, 6.07) is 8.37. The molecule has 1 aromatic rings. The fourth-order valence-electron chi connectivity index (χ4n) is 3.31. The Morgan fingerprint density at radius 2 is 1.65 bits per heavy atom. The normalized spacial score (nSPS) is 23.3. The van der Waals surface area contributed by atoms with Crippen LogP contribution >= 0.6 is 0 Å². The molecule has 0 aromatic heterocycles. The van der Waals surface area contributed by atoms with E-state index in [2.05, 4.69) is 0 Å². The summed E-state index contributed by atoms with van der Waals surface area (Å²) < 4.78 is 26.9. The number of hydrogen-bond donors (Lipinski definition) is 0. The Bertz CT molecular complexity index is 656. The smallest absolute Gasteiger partial charge is 0.321 e. The minimum atomic E-state index is -3.56. The molecular formula is C16H23N3O3S. The molecule has 2 aliphatic rings. The van der Waals surface area contributed by atoms with Crippen molar-refractivity contribution in [3.63, 3.8) is 0 Å². The van der Waals surface area contributed by atoms with Crippen molar-refractivity contribution in [2.45, 2.75) is 37.2 Å². The van der Waals surface area contributed by atoms with E-state index in [0.29, 0.717) is 13.1 Å². The fourth-order valence-corrected chi connectivity index (χ4v) is 4.92. The number of amides is 2. The van der Waals surface area contributed by atoms with E-state index in [1.54, 1.807) is 42.2 Å². The molecule has 2 fully saturated rings. The number of benzene rings is 1. The van der Waals surface area contributed by atoms with Gasteiger partial charge in [0, 0.05) is 26.2 Å². The van der Waals surface area contributed by atoms with E-state index < -0.39 is 16.2 Å². The van der Waals surface area contributed by atoms with Gasteiger partial charge in [0.05, 0.1) is 11.1 Å². The summed E-state index contributed by atoms with van der Waals surface area (Å²) in [6.07, 6.45) is 2.77. The lowest BCUT2D eigenvalue weighted by Gasteiger charge is -2.33. The average Bonchev–Trinajstić information content (AvgIpc) is 2.98. The number of urea groups is 1. The van der Waals surface area contributed by atoms with Crippen molar-refractivity contribution < 1.29 is 13.2 Å². The maximum Gasteiger partial charge on any atom is 0.321 e. The molecule has 0 saturated carbocycles. The van der Waals surface area contributed by atoms with Gasteiger partial charge in [-0.25, -0.2) is 13.2 Å². The number of likely N-dealkylation sites (tertiary alicyclic amines) is 1. The zero-order chi connectivity index (χ0) is 16.4. The number of hydrogen-bond acceptors (Lipinski definition) is 3. The second-order valence-electron chi connectivity index (χ2n) is 6.08. The second-order valence-corrected chi connectivity index (χ2v) is 7.97. The molecular weight excluding hydrogens is 314 g/mol. The van der Waals surface area contributed by atoms with Crippen LogP contribution in [0, 0.1) is 0 Å². The Kier molecular flexibility index (Phi) is 4.59. The molecule has 3 rings (SSSR count). The van der Waals surface area contributed by atoms with Gasteiger partial charge in [0.15, 0.2) is 0 Å². The molecule has 0 bridgehead atoms. The molecule has 1 unspecified atom stereocenters. The van der Waals surface area contributed by atoms with Crippen molar-refractivity contribution >= 4 is 16.1 Å². The lowest BCUT2D eigenvalue weighted by molar-refractivity contribution is 0.132. The summed E-state index contributed by atoms with van der Waals surface area (Å²) in [6.45, 7) is 4.12. The average molecular weight is 337 g/mol. The first-order valence-corrected chi connectivity index (χ1v) is 9.58. The lowest BCUT2D eigenvalue weighted by atomic mass is 10.1. The Morgan fingerprint density at radius 3 is 2.30 bits per heavy atom. The van der Waals surface area contributed by atoms with E-state index in [9.17, 15) is 13.2 Å². The molecule has 0 N–H and O–H groups in total. The highest BCUT2D eigenvalue weighted by atomic mass is 32.2. The molecule has 23 heavy (non-hydrogen) atoms. The minimum Gasteiger partial charge on any atom is -0.325 e. The van der Waals surface area contributed by atoms with E-state index in [1.165, 1.54) is 4.31 Å². The zero-order valence-electron chi connectivity index (χ0n) is 13.4. The topological polar surface area (TPSA) is 60.9 Å². The van der Waals surface area contributed by atoms with Crippen molar-refractivity contribution in [1.29, 1.82) is 0 Å². The lowest BCUT2D eigenvalue weighted by Crippen LogP contribution is -2.49. The highest BCUT2D eigenvalue weighted by molar-refractivity contribution is 7.89. The molecule has 2 saturated heterocycles. The van der Waals surface area contributed by atoms with Gasteiger partial charge < -0.3 is 9.80 Å². The van der Waals surface area contributed by atoms with E-state index in [1.807, 2.05) is 4.90 Å². The van der Waals surface area contributed by atoms with E-state index in [0.717, 1.165) is 32.4 Å². The van der Waals surface area contributed by atoms with E-state index in [4.69, 9.17) is 0 Å². The SMILES string of the molecule is CC1N(C(=O)N2CCCCC2)CCN1S(=O)(=O)c1ccccc1. The van der Waals surface area contributed by atoms with Crippen LogP contribution in [0.4, 0.5) is 4.79 Å². The second kappa shape index (κ2) is 6.49. The Balaban J connectivity index is 1.76. The Morgan fingerprint density at radius 1 is 1.00 bits per heavy atom. The van der Waals surface area contributed by atoms with Crippen molar-refractivity contribution in [2.75, 3.05) is 26.2 Å². The van der Waals surface area contributed by atoms with E-state index >= 15 is 0 Å². The van der Waals surface area contributed by atoms with Crippen LogP contribution in [0.1, 0.15) is 26.2 Å². The van der Waals surface area contributed by atoms with Gasteiger partial charge in [-0.3, -0.25) is 0 Å². The van der Waals surface area contributed by atoms with Gasteiger partial charge in [0.2, 0.25) is 10.0 Å². The zero-order valence-corrected chi connectivity index (χ0v) is 14.2. The van der Waals surface area contributed by atoms with Crippen molar-refractivity contribution in [2.24, 2.45) is 0 Å². The first kappa shape index (κ1) is 16.3. The number of rotatable bonds is 2. The monoisotopic (exact) mass is 337 g/mol. The third kappa shape index (κ3) is 3.07. The van der Waals surface area contributed by atoms with Gasteiger partial charge in [-0.1, -0.05) is 18.2 Å². The summed E-state index contributed by atoms with van der Waals surface area (Å²) in [5, 5.41) is 0. The van der Waals surface area contributed by atoms with Crippen LogP contribution in [0.2, 0.25) is 0 Å². The predicted molar refractivity (Wildman–Crippen MR) is 87.3 cm³/mol. The minimum absolute atomic E-state index is 0.0389. The largest absolute Gasteiger partial charge is 0.325 e. The van der Waals surface area contributed by atoms with Crippen LogP contribution in [0.5, 0.6) is 0 Å². The van der Waals surface area contributed by atoms with Crippen molar-refractivity contribution in [3.8, 4) is 0 Å². The van der Waals surface area contributed by atoms with Crippen molar-refractivity contribution in [1.82, 2.24) is 14.1 Å². The molecule has 2 heterocycles. The van der Waals surface area contributed by atoms with Crippen LogP contribution in [0.15, 0.2) is 35.2 Å². The molecule has 126 valence electrons. The van der Waals surface area contributed by atoms with Gasteiger partial charge in [0.1, 0.15) is 0 Å². The number of nitrogens with zero attached hydrogens (tertiary/aromatic N) is 3. The Hall–Kier alpha value is -1.60. The summed E-state index contributed by atoms with van der Waals surface area (Å²) in [5.74, 6) is 0. The molecule has 1 atom stereocenters. The first-order valence-electron chi connectivity index (χ1n) is 8.14. The predicted octanol–water partition coefficient (Wildman–Crippen LogP) is 1.94. The maximum atomic E-state index is 12.8. The van der Waals surface area contributed by atoms with Gasteiger partial charge in [-0.15, -0.1) is 0 Å². The van der Waals surface area contributed by atoms with Gasteiger partial charge in [0.25, 0.3) is 0 Å².